The summed E-state index contributed by atoms with van der Waals surface area (Å²) in [5, 5.41) is 4.17. The van der Waals surface area contributed by atoms with Gasteiger partial charge < -0.3 is 10.5 Å². The first-order valence-electron chi connectivity index (χ1n) is 4.59. The van der Waals surface area contributed by atoms with Crippen molar-refractivity contribution in [1.29, 1.82) is 0 Å². The Bertz CT molecular complexity index is 245. The summed E-state index contributed by atoms with van der Waals surface area (Å²) in [6, 6.07) is 0.0563. The lowest BCUT2D eigenvalue weighted by Crippen LogP contribution is -2.07. The summed E-state index contributed by atoms with van der Waals surface area (Å²) in [6.45, 7) is 6.18. The molecule has 0 fully saturated rings. The number of rotatable bonds is 5. The van der Waals surface area contributed by atoms with Crippen molar-refractivity contribution in [2.75, 3.05) is 13.2 Å². The van der Waals surface area contributed by atoms with Crippen LogP contribution in [0.4, 0.5) is 0 Å². The molecular weight excluding hydrogens is 166 g/mol. The molecule has 1 rings (SSSR count). The summed E-state index contributed by atoms with van der Waals surface area (Å²) in [7, 11) is 0. The number of nitrogens with zero attached hydrogens (tertiary/aromatic N) is 2. The summed E-state index contributed by atoms with van der Waals surface area (Å²) < 4.78 is 7.07. The van der Waals surface area contributed by atoms with Crippen molar-refractivity contribution >= 4 is 0 Å². The van der Waals surface area contributed by atoms with Gasteiger partial charge in [-0.15, -0.1) is 0 Å². The van der Waals surface area contributed by atoms with Gasteiger partial charge in [0.1, 0.15) is 0 Å². The van der Waals surface area contributed by atoms with Gasteiger partial charge in [0.15, 0.2) is 0 Å². The zero-order valence-corrected chi connectivity index (χ0v) is 8.23. The van der Waals surface area contributed by atoms with E-state index in [9.17, 15) is 0 Å². The van der Waals surface area contributed by atoms with Crippen LogP contribution in [-0.2, 0) is 11.3 Å². The molecule has 0 amide bonds. The SMILES string of the molecule is CCOCCn1cc(C(C)N)cn1. The molecule has 0 aliphatic carbocycles. The fourth-order valence-corrected chi connectivity index (χ4v) is 1.04. The fraction of sp³-hybridized carbons (Fsp3) is 0.667. The fourth-order valence-electron chi connectivity index (χ4n) is 1.04. The molecular formula is C9H17N3O. The third-order valence-corrected chi connectivity index (χ3v) is 1.85. The third-order valence-electron chi connectivity index (χ3n) is 1.85. The lowest BCUT2D eigenvalue weighted by molar-refractivity contribution is 0.136. The van der Waals surface area contributed by atoms with Crippen molar-refractivity contribution in [2.24, 2.45) is 5.73 Å². The Hall–Kier alpha value is -0.870. The maximum atomic E-state index is 5.70. The maximum Gasteiger partial charge on any atom is 0.0662 e. The molecule has 0 radical (unpaired) electrons. The molecule has 2 N–H and O–H groups in total. The monoisotopic (exact) mass is 183 g/mol. The van der Waals surface area contributed by atoms with Crippen LogP contribution >= 0.6 is 0 Å². The minimum atomic E-state index is 0.0563. The molecule has 13 heavy (non-hydrogen) atoms. The minimum Gasteiger partial charge on any atom is -0.380 e. The number of hydrogen-bond acceptors (Lipinski definition) is 3. The lowest BCUT2D eigenvalue weighted by Gasteiger charge is -2.01. The molecule has 0 aliphatic rings. The first kappa shape index (κ1) is 10.2. The van der Waals surface area contributed by atoms with Gasteiger partial charge in [-0.25, -0.2) is 0 Å². The lowest BCUT2D eigenvalue weighted by atomic mass is 10.2. The van der Waals surface area contributed by atoms with E-state index in [2.05, 4.69) is 5.10 Å². The Morgan fingerprint density at radius 2 is 2.46 bits per heavy atom. The second-order valence-electron chi connectivity index (χ2n) is 3.02. The molecule has 74 valence electrons. The van der Waals surface area contributed by atoms with Gasteiger partial charge in [-0.05, 0) is 13.8 Å². The van der Waals surface area contributed by atoms with Gasteiger partial charge in [0.2, 0.25) is 0 Å². The normalized spacial score (nSPS) is 13.2. The molecule has 1 heterocycles. The van der Waals surface area contributed by atoms with Crippen LogP contribution in [0.5, 0.6) is 0 Å². The van der Waals surface area contributed by atoms with Crippen LogP contribution in [-0.4, -0.2) is 23.0 Å². The highest BCUT2D eigenvalue weighted by Gasteiger charge is 2.01. The van der Waals surface area contributed by atoms with Gasteiger partial charge in [0.05, 0.1) is 19.3 Å². The van der Waals surface area contributed by atoms with Crippen LogP contribution in [0, 0.1) is 0 Å². The second kappa shape index (κ2) is 4.99. The summed E-state index contributed by atoms with van der Waals surface area (Å²) >= 11 is 0. The predicted octanol–water partition coefficient (Wildman–Crippen LogP) is 0.939. The highest BCUT2D eigenvalue weighted by atomic mass is 16.5. The van der Waals surface area contributed by atoms with Gasteiger partial charge in [-0.2, -0.15) is 5.10 Å². The number of hydrogen-bond donors (Lipinski definition) is 1. The average molecular weight is 183 g/mol. The topological polar surface area (TPSA) is 53.1 Å². The van der Waals surface area contributed by atoms with Crippen molar-refractivity contribution in [3.8, 4) is 0 Å². The van der Waals surface area contributed by atoms with Crippen LogP contribution in [0.3, 0.4) is 0 Å². The Kier molecular flexibility index (Phi) is 3.92. The standard InChI is InChI=1S/C9H17N3O/c1-3-13-5-4-12-7-9(6-11-12)8(2)10/h6-8H,3-5,10H2,1-2H3. The van der Waals surface area contributed by atoms with Gasteiger partial charge in [-0.1, -0.05) is 0 Å². The van der Waals surface area contributed by atoms with Gasteiger partial charge in [0, 0.05) is 24.4 Å². The van der Waals surface area contributed by atoms with Crippen molar-refractivity contribution in [3.05, 3.63) is 18.0 Å². The van der Waals surface area contributed by atoms with Crippen molar-refractivity contribution in [1.82, 2.24) is 9.78 Å². The van der Waals surface area contributed by atoms with E-state index in [1.165, 1.54) is 0 Å². The molecule has 0 saturated carbocycles. The number of nitrogens with two attached hydrogens (primary N) is 1. The molecule has 4 nitrogen and oxygen atoms in total. The van der Waals surface area contributed by atoms with E-state index in [0.29, 0.717) is 6.61 Å². The number of aromatic nitrogens is 2. The Morgan fingerprint density at radius 3 is 3.00 bits per heavy atom. The van der Waals surface area contributed by atoms with Crippen LogP contribution in [0.25, 0.3) is 0 Å². The minimum absolute atomic E-state index is 0.0563. The van der Waals surface area contributed by atoms with Gasteiger partial charge in [-0.3, -0.25) is 4.68 Å². The maximum absolute atomic E-state index is 5.70. The van der Waals surface area contributed by atoms with E-state index >= 15 is 0 Å². The Labute approximate surface area is 78.7 Å². The van der Waals surface area contributed by atoms with Crippen LogP contribution < -0.4 is 5.73 Å². The summed E-state index contributed by atoms with van der Waals surface area (Å²) in [5.74, 6) is 0. The zero-order valence-electron chi connectivity index (χ0n) is 8.23. The van der Waals surface area contributed by atoms with E-state index in [1.54, 1.807) is 6.20 Å². The molecule has 0 aromatic carbocycles. The molecule has 0 saturated heterocycles. The molecule has 0 spiro atoms. The van der Waals surface area contributed by atoms with E-state index in [4.69, 9.17) is 10.5 Å². The smallest absolute Gasteiger partial charge is 0.0662 e. The Morgan fingerprint density at radius 1 is 1.69 bits per heavy atom. The molecule has 1 aromatic rings. The van der Waals surface area contributed by atoms with E-state index < -0.39 is 0 Å². The van der Waals surface area contributed by atoms with Crippen molar-refractivity contribution in [3.63, 3.8) is 0 Å². The highest BCUT2D eigenvalue weighted by Crippen LogP contribution is 2.06. The number of ether oxygens (including phenoxy) is 1. The van der Waals surface area contributed by atoms with Crippen LogP contribution in [0.1, 0.15) is 25.5 Å². The van der Waals surface area contributed by atoms with Crippen molar-refractivity contribution < 1.29 is 4.74 Å². The third kappa shape index (κ3) is 3.16. The summed E-state index contributed by atoms with van der Waals surface area (Å²) in [4.78, 5) is 0. The van der Waals surface area contributed by atoms with E-state index in [-0.39, 0.29) is 6.04 Å². The molecule has 4 heteroatoms. The predicted molar refractivity (Wildman–Crippen MR) is 51.3 cm³/mol. The molecule has 0 bridgehead atoms. The molecule has 1 unspecified atom stereocenters. The van der Waals surface area contributed by atoms with Crippen LogP contribution in [0.15, 0.2) is 12.4 Å². The first-order chi connectivity index (χ1) is 6.24. The molecule has 1 atom stereocenters. The highest BCUT2D eigenvalue weighted by molar-refractivity contribution is 5.07. The van der Waals surface area contributed by atoms with Crippen molar-refractivity contribution in [2.45, 2.75) is 26.4 Å². The first-order valence-corrected chi connectivity index (χ1v) is 4.59. The van der Waals surface area contributed by atoms with Crippen LogP contribution in [0.2, 0.25) is 0 Å². The Balaban J connectivity index is 2.40. The molecule has 1 aromatic heterocycles. The largest absolute Gasteiger partial charge is 0.380 e. The van der Waals surface area contributed by atoms with E-state index in [1.807, 2.05) is 24.7 Å². The summed E-state index contributed by atoms with van der Waals surface area (Å²) in [6.07, 6.45) is 3.76. The quantitative estimate of drug-likeness (QED) is 0.691. The van der Waals surface area contributed by atoms with Gasteiger partial charge in [0.25, 0.3) is 0 Å². The van der Waals surface area contributed by atoms with E-state index in [0.717, 1.165) is 18.7 Å². The average Bonchev–Trinajstić information content (AvgIpc) is 2.53. The molecule has 0 aliphatic heterocycles. The summed E-state index contributed by atoms with van der Waals surface area (Å²) in [5.41, 5.74) is 6.76. The van der Waals surface area contributed by atoms with Gasteiger partial charge >= 0.3 is 0 Å². The zero-order chi connectivity index (χ0) is 9.68. The second-order valence-corrected chi connectivity index (χ2v) is 3.02.